The lowest BCUT2D eigenvalue weighted by Crippen LogP contribution is -2.25. The number of carbonyl (C=O) groups excluding carboxylic acids is 1. The Hall–Kier alpha value is -2.96. The molecule has 0 aliphatic carbocycles. The van der Waals surface area contributed by atoms with Gasteiger partial charge in [0.1, 0.15) is 5.82 Å². The molecule has 0 fully saturated rings. The van der Waals surface area contributed by atoms with Gasteiger partial charge in [-0.1, -0.05) is 12.1 Å². The number of nitrogens with one attached hydrogen (secondary N) is 2. The van der Waals surface area contributed by atoms with Gasteiger partial charge in [0.05, 0.1) is 5.52 Å². The second-order valence-corrected chi connectivity index (χ2v) is 6.19. The number of hydrogen-bond acceptors (Lipinski definition) is 4. The maximum absolute atomic E-state index is 12.1. The summed E-state index contributed by atoms with van der Waals surface area (Å²) < 4.78 is 1.77. The first-order valence-electron chi connectivity index (χ1n) is 8.18. The highest BCUT2D eigenvalue weighted by molar-refractivity contribution is 5.79. The molecule has 0 bridgehead atoms. The van der Waals surface area contributed by atoms with Gasteiger partial charge in [0.2, 0.25) is 5.91 Å². The molecule has 3 rings (SSSR count). The molecule has 2 aromatic heterocycles. The number of nitrogens with zero attached hydrogens (tertiary/aromatic N) is 3. The number of amides is 1. The van der Waals surface area contributed by atoms with Gasteiger partial charge < -0.3 is 10.3 Å². The second-order valence-electron chi connectivity index (χ2n) is 6.19. The van der Waals surface area contributed by atoms with E-state index in [2.05, 4.69) is 20.4 Å². The van der Waals surface area contributed by atoms with Gasteiger partial charge in [0.25, 0.3) is 5.56 Å². The van der Waals surface area contributed by atoms with Gasteiger partial charge in [-0.2, -0.15) is 5.10 Å². The average molecular weight is 339 g/mol. The fraction of sp³-hybridized carbons (Fsp3) is 0.333. The Morgan fingerprint density at radius 1 is 1.32 bits per heavy atom. The minimum Gasteiger partial charge on any atom is -0.352 e. The quantitative estimate of drug-likeness (QED) is 0.737. The third-order valence-electron chi connectivity index (χ3n) is 4.12. The molecule has 0 unspecified atom stereocenters. The predicted octanol–water partition coefficient (Wildman–Crippen LogP) is 1.52. The molecule has 0 radical (unpaired) electrons. The first-order chi connectivity index (χ1) is 11.9. The first kappa shape index (κ1) is 16.9. The summed E-state index contributed by atoms with van der Waals surface area (Å²) in [5.74, 6) is 0.487. The zero-order valence-corrected chi connectivity index (χ0v) is 14.6. The van der Waals surface area contributed by atoms with Gasteiger partial charge in [-0.3, -0.25) is 14.3 Å². The molecule has 1 aromatic carbocycles. The van der Waals surface area contributed by atoms with E-state index >= 15 is 0 Å². The normalized spacial score (nSPS) is 11.0. The predicted molar refractivity (Wildman–Crippen MR) is 95.2 cm³/mol. The van der Waals surface area contributed by atoms with E-state index in [-0.39, 0.29) is 17.9 Å². The number of H-pyrrole nitrogens is 1. The molecule has 2 heterocycles. The minimum atomic E-state index is -0.168. The summed E-state index contributed by atoms with van der Waals surface area (Å²) >= 11 is 0. The zero-order chi connectivity index (χ0) is 18.0. The van der Waals surface area contributed by atoms with Crippen molar-refractivity contribution in [2.24, 2.45) is 7.05 Å². The first-order valence-corrected chi connectivity index (χ1v) is 8.18. The van der Waals surface area contributed by atoms with Crippen LogP contribution in [-0.2, 0) is 24.8 Å². The monoisotopic (exact) mass is 339 g/mol. The summed E-state index contributed by atoms with van der Waals surface area (Å²) in [6, 6.07) is 5.93. The fourth-order valence-electron chi connectivity index (χ4n) is 2.87. The van der Waals surface area contributed by atoms with Gasteiger partial charge in [0, 0.05) is 42.9 Å². The molecule has 3 aromatic rings. The van der Waals surface area contributed by atoms with Crippen molar-refractivity contribution in [3.05, 3.63) is 57.4 Å². The molecular weight excluding hydrogens is 318 g/mol. The van der Waals surface area contributed by atoms with E-state index in [1.807, 2.05) is 31.4 Å². The Bertz CT molecular complexity index is 987. The van der Waals surface area contributed by atoms with Crippen LogP contribution in [0.2, 0.25) is 0 Å². The molecule has 7 heteroatoms. The Balaban J connectivity index is 1.58. The highest BCUT2D eigenvalue weighted by Gasteiger charge is 2.10. The summed E-state index contributed by atoms with van der Waals surface area (Å²) in [5, 5.41) is 8.32. The highest BCUT2D eigenvalue weighted by atomic mass is 16.1. The molecule has 7 nitrogen and oxygen atoms in total. The van der Waals surface area contributed by atoms with Crippen LogP contribution in [0.1, 0.15) is 29.1 Å². The fourth-order valence-corrected chi connectivity index (χ4v) is 2.87. The Kier molecular flexibility index (Phi) is 4.65. The number of benzene rings is 1. The zero-order valence-electron chi connectivity index (χ0n) is 14.6. The van der Waals surface area contributed by atoms with Crippen molar-refractivity contribution in [2.75, 3.05) is 0 Å². The van der Waals surface area contributed by atoms with Gasteiger partial charge in [-0.25, -0.2) is 4.98 Å². The van der Waals surface area contributed by atoms with Crippen molar-refractivity contribution in [1.82, 2.24) is 25.1 Å². The topological polar surface area (TPSA) is 92.7 Å². The summed E-state index contributed by atoms with van der Waals surface area (Å²) in [6.07, 6.45) is 2.58. The van der Waals surface area contributed by atoms with Crippen molar-refractivity contribution in [3.63, 3.8) is 0 Å². The molecule has 25 heavy (non-hydrogen) atoms. The number of carbonyl (C=O) groups is 1. The summed E-state index contributed by atoms with van der Waals surface area (Å²) in [4.78, 5) is 30.9. The smallest absolute Gasteiger partial charge is 0.254 e. The van der Waals surface area contributed by atoms with Gasteiger partial charge in [-0.15, -0.1) is 0 Å². The Morgan fingerprint density at radius 3 is 2.88 bits per heavy atom. The van der Waals surface area contributed by atoms with Crippen LogP contribution in [-0.4, -0.2) is 25.7 Å². The molecule has 0 spiro atoms. The van der Waals surface area contributed by atoms with Gasteiger partial charge in [-0.05, 0) is 31.9 Å². The van der Waals surface area contributed by atoms with E-state index in [0.29, 0.717) is 30.0 Å². The van der Waals surface area contributed by atoms with E-state index in [4.69, 9.17) is 0 Å². The van der Waals surface area contributed by atoms with Crippen LogP contribution in [0.5, 0.6) is 0 Å². The molecule has 130 valence electrons. The number of fused-ring (bicyclic) bond motifs is 1. The van der Waals surface area contributed by atoms with Crippen LogP contribution in [0.3, 0.4) is 0 Å². The highest BCUT2D eigenvalue weighted by Crippen LogP contribution is 2.13. The Labute approximate surface area is 145 Å². The maximum Gasteiger partial charge on any atom is 0.254 e. The molecule has 0 aliphatic heterocycles. The van der Waals surface area contributed by atoms with Crippen LogP contribution >= 0.6 is 0 Å². The average Bonchev–Trinajstić information content (AvgIpc) is 2.91. The molecule has 0 aliphatic rings. The molecule has 0 saturated heterocycles. The summed E-state index contributed by atoms with van der Waals surface area (Å²) in [6.45, 7) is 3.97. The van der Waals surface area contributed by atoms with Crippen LogP contribution < -0.4 is 10.9 Å². The van der Waals surface area contributed by atoms with Crippen molar-refractivity contribution in [3.8, 4) is 0 Å². The molecule has 0 saturated carbocycles. The van der Waals surface area contributed by atoms with Crippen molar-refractivity contribution in [2.45, 2.75) is 33.2 Å². The largest absolute Gasteiger partial charge is 0.352 e. The number of aromatic nitrogens is 4. The van der Waals surface area contributed by atoms with Crippen LogP contribution in [0.4, 0.5) is 0 Å². The minimum absolute atomic E-state index is 0.0968. The lowest BCUT2D eigenvalue weighted by molar-refractivity contribution is -0.121. The van der Waals surface area contributed by atoms with E-state index in [9.17, 15) is 9.59 Å². The standard InChI is InChI=1S/C18H21N5O2/c1-11-15(18(25)21-12(2)20-11)6-7-17(24)19-9-13-4-5-14-10-23(3)22-16(14)8-13/h4-5,8,10H,6-7,9H2,1-3H3,(H,19,24)(H,20,21,25). The number of hydrogen-bond donors (Lipinski definition) is 2. The Morgan fingerprint density at radius 2 is 2.12 bits per heavy atom. The van der Waals surface area contributed by atoms with E-state index < -0.39 is 0 Å². The lowest BCUT2D eigenvalue weighted by atomic mass is 10.1. The SMILES string of the molecule is Cc1nc(C)c(CCC(=O)NCc2ccc3cn(C)nc3c2)c(=O)[nH]1. The molecular formula is C18H21N5O2. The van der Waals surface area contributed by atoms with Crippen LogP contribution in [0.25, 0.3) is 10.9 Å². The summed E-state index contributed by atoms with van der Waals surface area (Å²) in [5.41, 5.74) is 2.97. The van der Waals surface area contributed by atoms with Crippen LogP contribution in [0.15, 0.2) is 29.2 Å². The molecule has 1 amide bonds. The van der Waals surface area contributed by atoms with Crippen molar-refractivity contribution in [1.29, 1.82) is 0 Å². The second kappa shape index (κ2) is 6.88. The van der Waals surface area contributed by atoms with Gasteiger partial charge >= 0.3 is 0 Å². The number of aryl methyl sites for hydroxylation is 3. The van der Waals surface area contributed by atoms with E-state index in [0.717, 1.165) is 16.5 Å². The molecule has 2 N–H and O–H groups in total. The van der Waals surface area contributed by atoms with E-state index in [1.165, 1.54) is 0 Å². The molecule has 0 atom stereocenters. The third-order valence-corrected chi connectivity index (χ3v) is 4.12. The van der Waals surface area contributed by atoms with E-state index in [1.54, 1.807) is 18.5 Å². The number of aromatic amines is 1. The number of rotatable bonds is 5. The third kappa shape index (κ3) is 3.93. The van der Waals surface area contributed by atoms with Crippen LogP contribution in [0, 0.1) is 13.8 Å². The maximum atomic E-state index is 12.1. The van der Waals surface area contributed by atoms with Gasteiger partial charge in [0.15, 0.2) is 0 Å². The summed E-state index contributed by atoms with van der Waals surface area (Å²) in [7, 11) is 1.88. The van der Waals surface area contributed by atoms with Crippen molar-refractivity contribution < 1.29 is 4.79 Å². The van der Waals surface area contributed by atoms with Crippen molar-refractivity contribution >= 4 is 16.8 Å². The lowest BCUT2D eigenvalue weighted by Gasteiger charge is -2.07.